The second-order valence-electron chi connectivity index (χ2n) is 7.23. The van der Waals surface area contributed by atoms with Crippen molar-refractivity contribution >= 4 is 41.1 Å². The van der Waals surface area contributed by atoms with Crippen LogP contribution in [0.2, 0.25) is 10.0 Å². The SMILES string of the molecule is C[C@H](Nc1ncc(F)c(N2C(=O)OCC2[C@@H](C)O)n1)c1cc(-c2ccc(Cl)c(Cl)c2)no1. The number of amides is 1. The van der Waals surface area contributed by atoms with Gasteiger partial charge in [0.15, 0.2) is 17.4 Å². The largest absolute Gasteiger partial charge is 0.447 e. The Hall–Kier alpha value is -2.95. The number of rotatable bonds is 6. The number of aromatic nitrogens is 3. The van der Waals surface area contributed by atoms with E-state index in [2.05, 4.69) is 20.4 Å². The summed E-state index contributed by atoms with van der Waals surface area (Å²) in [5, 5.41) is 17.7. The zero-order valence-electron chi connectivity index (χ0n) is 16.9. The van der Waals surface area contributed by atoms with Crippen molar-refractivity contribution in [2.75, 3.05) is 16.8 Å². The zero-order chi connectivity index (χ0) is 23.0. The quantitative estimate of drug-likeness (QED) is 0.530. The maximum absolute atomic E-state index is 14.4. The zero-order valence-corrected chi connectivity index (χ0v) is 18.4. The number of nitrogens with one attached hydrogen (secondary N) is 1. The minimum atomic E-state index is -0.944. The van der Waals surface area contributed by atoms with Crippen LogP contribution < -0.4 is 10.2 Å². The van der Waals surface area contributed by atoms with Gasteiger partial charge in [0, 0.05) is 11.6 Å². The standard InChI is InChI=1S/C20H18Cl2FN5O4/c1-9(17-6-15(27-32-17)11-3-4-12(21)13(22)5-11)25-19-24-7-14(23)18(26-19)28-16(10(2)29)8-31-20(28)30/h3-7,9-10,16,29H,8H2,1-2H3,(H,24,25,26)/t9-,10+,16?/m0/s1. The van der Waals surface area contributed by atoms with E-state index in [0.717, 1.165) is 16.7 Å². The second kappa shape index (κ2) is 8.89. The van der Waals surface area contributed by atoms with Gasteiger partial charge >= 0.3 is 6.09 Å². The first-order valence-corrected chi connectivity index (χ1v) is 10.4. The highest BCUT2D eigenvalue weighted by molar-refractivity contribution is 6.42. The molecule has 0 spiro atoms. The molecule has 1 unspecified atom stereocenters. The number of benzene rings is 1. The molecule has 1 amide bonds. The normalized spacial score (nSPS) is 17.9. The summed E-state index contributed by atoms with van der Waals surface area (Å²) in [6.45, 7) is 3.18. The third kappa shape index (κ3) is 4.34. The molecule has 32 heavy (non-hydrogen) atoms. The molecular weight excluding hydrogens is 464 g/mol. The van der Waals surface area contributed by atoms with E-state index in [4.69, 9.17) is 32.5 Å². The van der Waals surface area contributed by atoms with Gasteiger partial charge in [0.05, 0.1) is 28.4 Å². The van der Waals surface area contributed by atoms with Crippen molar-refractivity contribution in [2.45, 2.75) is 32.0 Å². The van der Waals surface area contributed by atoms with Crippen LogP contribution in [0.5, 0.6) is 0 Å². The lowest BCUT2D eigenvalue weighted by molar-refractivity contribution is 0.142. The van der Waals surface area contributed by atoms with Crippen molar-refractivity contribution in [3.63, 3.8) is 0 Å². The molecule has 2 N–H and O–H groups in total. The van der Waals surface area contributed by atoms with Crippen LogP contribution in [-0.2, 0) is 4.74 Å². The van der Waals surface area contributed by atoms with Crippen LogP contribution in [-0.4, -0.2) is 45.1 Å². The number of aliphatic hydroxyl groups is 1. The number of halogens is 3. The van der Waals surface area contributed by atoms with E-state index in [0.29, 0.717) is 21.5 Å². The lowest BCUT2D eigenvalue weighted by atomic mass is 10.1. The van der Waals surface area contributed by atoms with Crippen LogP contribution in [0, 0.1) is 5.82 Å². The molecule has 9 nitrogen and oxygen atoms in total. The van der Waals surface area contributed by atoms with E-state index in [-0.39, 0.29) is 18.4 Å². The Kier molecular flexibility index (Phi) is 6.18. The van der Waals surface area contributed by atoms with Gasteiger partial charge in [0.25, 0.3) is 0 Å². The summed E-state index contributed by atoms with van der Waals surface area (Å²) in [4.78, 5) is 21.1. The maximum atomic E-state index is 14.4. The van der Waals surface area contributed by atoms with Gasteiger partial charge in [-0.05, 0) is 26.0 Å². The summed E-state index contributed by atoms with van der Waals surface area (Å²) in [6.07, 6.45) is -0.807. The average Bonchev–Trinajstić information content (AvgIpc) is 3.39. The van der Waals surface area contributed by atoms with Gasteiger partial charge in [-0.15, -0.1) is 0 Å². The number of ether oxygens (including phenoxy) is 1. The minimum absolute atomic E-state index is 0.0467. The highest BCUT2D eigenvalue weighted by Crippen LogP contribution is 2.30. The van der Waals surface area contributed by atoms with E-state index in [9.17, 15) is 14.3 Å². The molecule has 12 heteroatoms. The van der Waals surface area contributed by atoms with E-state index in [1.54, 1.807) is 31.2 Å². The smallest absolute Gasteiger partial charge is 0.416 e. The predicted octanol–water partition coefficient (Wildman–Crippen LogP) is 4.46. The lowest BCUT2D eigenvalue weighted by Gasteiger charge is -2.23. The summed E-state index contributed by atoms with van der Waals surface area (Å²) in [5.41, 5.74) is 1.27. The summed E-state index contributed by atoms with van der Waals surface area (Å²) in [7, 11) is 0. The third-order valence-electron chi connectivity index (χ3n) is 4.93. The molecule has 2 aromatic heterocycles. The Balaban J connectivity index is 1.55. The van der Waals surface area contributed by atoms with Crippen LogP contribution in [0.1, 0.15) is 25.6 Å². The first-order valence-electron chi connectivity index (χ1n) is 9.59. The van der Waals surface area contributed by atoms with Gasteiger partial charge in [-0.2, -0.15) is 4.98 Å². The monoisotopic (exact) mass is 481 g/mol. The molecular formula is C20H18Cl2FN5O4. The molecule has 3 atom stereocenters. The molecule has 0 aliphatic carbocycles. The Morgan fingerprint density at radius 2 is 2.06 bits per heavy atom. The lowest BCUT2D eigenvalue weighted by Crippen LogP contribution is -2.42. The number of hydrogen-bond acceptors (Lipinski definition) is 8. The van der Waals surface area contributed by atoms with E-state index >= 15 is 0 Å². The highest BCUT2D eigenvalue weighted by Gasteiger charge is 2.39. The summed E-state index contributed by atoms with van der Waals surface area (Å²) >= 11 is 12.0. The summed E-state index contributed by atoms with van der Waals surface area (Å²) in [6, 6.07) is 5.59. The fourth-order valence-corrected chi connectivity index (χ4v) is 3.48. The number of anilines is 2. The molecule has 1 saturated heterocycles. The molecule has 3 heterocycles. The molecule has 3 aromatic rings. The number of nitrogens with zero attached hydrogens (tertiary/aromatic N) is 4. The highest BCUT2D eigenvalue weighted by atomic mass is 35.5. The molecule has 0 radical (unpaired) electrons. The number of cyclic esters (lactones) is 1. The molecule has 0 saturated carbocycles. The number of hydrogen-bond donors (Lipinski definition) is 2. The Labute approximate surface area is 192 Å². The molecule has 1 aliphatic heterocycles. The topological polar surface area (TPSA) is 114 Å². The minimum Gasteiger partial charge on any atom is -0.447 e. The van der Waals surface area contributed by atoms with E-state index < -0.39 is 30.1 Å². The fraction of sp³-hybridized carbons (Fsp3) is 0.300. The molecule has 1 aliphatic rings. The van der Waals surface area contributed by atoms with Gasteiger partial charge in [-0.3, -0.25) is 0 Å². The molecule has 4 rings (SSSR count). The number of carbonyl (C=O) groups excluding carboxylic acids is 1. The van der Waals surface area contributed by atoms with Crippen LogP contribution in [0.4, 0.5) is 21.0 Å². The average molecular weight is 482 g/mol. The van der Waals surface area contributed by atoms with E-state index in [1.165, 1.54) is 6.92 Å². The van der Waals surface area contributed by atoms with Crippen molar-refractivity contribution in [2.24, 2.45) is 0 Å². The van der Waals surface area contributed by atoms with Crippen molar-refractivity contribution in [1.82, 2.24) is 15.1 Å². The Morgan fingerprint density at radius 1 is 1.28 bits per heavy atom. The predicted molar refractivity (Wildman–Crippen MR) is 115 cm³/mol. The molecule has 1 aromatic carbocycles. The molecule has 168 valence electrons. The van der Waals surface area contributed by atoms with Gasteiger partial charge in [0.2, 0.25) is 5.95 Å². The maximum Gasteiger partial charge on any atom is 0.416 e. The summed E-state index contributed by atoms with van der Waals surface area (Å²) in [5.74, 6) is -0.611. The van der Waals surface area contributed by atoms with Crippen LogP contribution in [0.15, 0.2) is 35.0 Å². The number of carbonyl (C=O) groups is 1. The molecule has 0 bridgehead atoms. The first kappa shape index (κ1) is 22.3. The van der Waals surface area contributed by atoms with E-state index in [1.807, 2.05) is 0 Å². The van der Waals surface area contributed by atoms with Crippen LogP contribution >= 0.6 is 23.2 Å². The van der Waals surface area contributed by atoms with Crippen molar-refractivity contribution in [1.29, 1.82) is 0 Å². The summed E-state index contributed by atoms with van der Waals surface area (Å²) < 4.78 is 24.8. The van der Waals surface area contributed by atoms with Crippen LogP contribution in [0.25, 0.3) is 11.3 Å². The van der Waals surface area contributed by atoms with Crippen LogP contribution in [0.3, 0.4) is 0 Å². The Bertz CT molecular complexity index is 1160. The second-order valence-corrected chi connectivity index (χ2v) is 8.04. The van der Waals surface area contributed by atoms with Gasteiger partial charge in [-0.25, -0.2) is 19.1 Å². The van der Waals surface area contributed by atoms with Gasteiger partial charge in [-0.1, -0.05) is 34.4 Å². The Morgan fingerprint density at radius 3 is 2.78 bits per heavy atom. The van der Waals surface area contributed by atoms with Gasteiger partial charge < -0.3 is 19.7 Å². The molecule has 1 fully saturated rings. The fourth-order valence-electron chi connectivity index (χ4n) is 3.18. The van der Waals surface area contributed by atoms with Crippen molar-refractivity contribution in [3.05, 3.63) is 52.1 Å². The first-order chi connectivity index (χ1) is 15.2. The van der Waals surface area contributed by atoms with Gasteiger partial charge in [0.1, 0.15) is 18.3 Å². The number of aliphatic hydroxyl groups excluding tert-OH is 1. The van der Waals surface area contributed by atoms with Crippen molar-refractivity contribution in [3.8, 4) is 11.3 Å². The third-order valence-corrected chi connectivity index (χ3v) is 5.67. The van der Waals surface area contributed by atoms with Crippen molar-refractivity contribution < 1.29 is 23.6 Å².